The minimum Gasteiger partial charge on any atom is -0.332 e. The van der Waals surface area contributed by atoms with Crippen molar-refractivity contribution in [2.45, 2.75) is 97.7 Å². The molecule has 1 saturated heterocycles. The van der Waals surface area contributed by atoms with E-state index in [1.54, 1.807) is 6.92 Å². The Bertz CT molecular complexity index is 826. The Hall–Kier alpha value is -1.68. The van der Waals surface area contributed by atoms with Gasteiger partial charge in [-0.1, -0.05) is 45.4 Å². The summed E-state index contributed by atoms with van der Waals surface area (Å²) in [6.45, 7) is 14.2. The van der Waals surface area contributed by atoms with Crippen molar-refractivity contribution in [1.29, 1.82) is 0 Å². The lowest BCUT2D eigenvalue weighted by Gasteiger charge is -2.48. The molecule has 1 fully saturated rings. The molecule has 29 heavy (non-hydrogen) atoms. The molecule has 1 aromatic carbocycles. The topological polar surface area (TPSA) is 63.4 Å². The van der Waals surface area contributed by atoms with Gasteiger partial charge in [0.25, 0.3) is 0 Å². The molecule has 0 bridgehead atoms. The van der Waals surface area contributed by atoms with Crippen LogP contribution in [0.1, 0.15) is 83.9 Å². The fraction of sp³-hybridized carbons (Fsp3) is 0.680. The molecule has 0 aromatic heterocycles. The van der Waals surface area contributed by atoms with Crippen molar-refractivity contribution >= 4 is 11.7 Å². The third kappa shape index (κ3) is 3.54. The van der Waals surface area contributed by atoms with Gasteiger partial charge in [-0.15, -0.1) is 0 Å². The van der Waals surface area contributed by atoms with Crippen molar-refractivity contribution < 1.29 is 9.59 Å². The number of carbonyl (C=O) groups excluding carboxylic acids is 2. The van der Waals surface area contributed by atoms with E-state index in [0.29, 0.717) is 18.8 Å². The normalized spacial score (nSPS) is 28.1. The highest BCUT2D eigenvalue weighted by Crippen LogP contribution is 2.54. The molecule has 1 aliphatic heterocycles. The van der Waals surface area contributed by atoms with Crippen molar-refractivity contribution in [2.24, 2.45) is 17.1 Å². The lowest BCUT2D eigenvalue weighted by atomic mass is 9.66. The van der Waals surface area contributed by atoms with Gasteiger partial charge in [0.05, 0.1) is 11.6 Å². The number of hydrogen-bond donors (Lipinski definition) is 1. The molecule has 160 valence electrons. The summed E-state index contributed by atoms with van der Waals surface area (Å²) in [5.41, 5.74) is 9.64. The molecule has 1 aromatic rings. The smallest absolute Gasteiger partial charge is 0.229 e. The van der Waals surface area contributed by atoms with Crippen LogP contribution in [-0.4, -0.2) is 28.2 Å². The first-order valence-electron chi connectivity index (χ1n) is 11.1. The predicted octanol–water partition coefficient (Wildman–Crippen LogP) is 4.51. The number of benzene rings is 1. The maximum Gasteiger partial charge on any atom is 0.229 e. The Morgan fingerprint density at radius 1 is 1.28 bits per heavy atom. The van der Waals surface area contributed by atoms with Crippen LogP contribution in [0.4, 0.5) is 0 Å². The van der Waals surface area contributed by atoms with Crippen LogP contribution in [0, 0.1) is 18.3 Å². The van der Waals surface area contributed by atoms with Crippen molar-refractivity contribution in [3.63, 3.8) is 0 Å². The second-order valence-electron chi connectivity index (χ2n) is 10.7. The second-order valence-corrected chi connectivity index (χ2v) is 10.7. The summed E-state index contributed by atoms with van der Waals surface area (Å²) in [5.74, 6) is 0.605. The maximum absolute atomic E-state index is 13.9. The van der Waals surface area contributed by atoms with E-state index >= 15 is 0 Å². The largest absolute Gasteiger partial charge is 0.332 e. The van der Waals surface area contributed by atoms with Crippen molar-refractivity contribution in [1.82, 2.24) is 4.90 Å². The van der Waals surface area contributed by atoms with Gasteiger partial charge in [-0.2, -0.15) is 0 Å². The molecule has 2 aliphatic rings. The molecule has 3 unspecified atom stereocenters. The standard InChI is InChI=1S/C25H38N2O2/c1-8-18-14-19-11-9-10-16(2)20(19)25(26)15-24(6,7)27(21(18)25)22(29)23(4,5)13-12-17(3)28/h9-11,18,21H,8,12-15,26H2,1-7H3. The van der Waals surface area contributed by atoms with Gasteiger partial charge in [-0.05, 0) is 69.6 Å². The number of ketones is 1. The van der Waals surface area contributed by atoms with Crippen LogP contribution in [0.2, 0.25) is 0 Å². The second kappa shape index (κ2) is 7.23. The monoisotopic (exact) mass is 398 g/mol. The number of rotatable bonds is 5. The Labute approximate surface area is 176 Å². The predicted molar refractivity (Wildman–Crippen MR) is 118 cm³/mol. The van der Waals surface area contributed by atoms with Gasteiger partial charge in [0.1, 0.15) is 5.78 Å². The van der Waals surface area contributed by atoms with Gasteiger partial charge in [0.15, 0.2) is 0 Å². The van der Waals surface area contributed by atoms with E-state index in [0.717, 1.165) is 19.3 Å². The zero-order chi connectivity index (χ0) is 21.8. The molecule has 4 nitrogen and oxygen atoms in total. The summed E-state index contributed by atoms with van der Waals surface area (Å²) < 4.78 is 0. The number of carbonyl (C=O) groups is 2. The number of amides is 1. The van der Waals surface area contributed by atoms with Crippen LogP contribution in [-0.2, 0) is 21.5 Å². The lowest BCUT2D eigenvalue weighted by molar-refractivity contribution is -0.149. The Morgan fingerprint density at radius 2 is 1.93 bits per heavy atom. The Morgan fingerprint density at radius 3 is 2.52 bits per heavy atom. The zero-order valence-electron chi connectivity index (χ0n) is 19.3. The molecule has 0 spiro atoms. The average Bonchev–Trinajstić information content (AvgIpc) is 2.83. The SMILES string of the molecule is CCC1Cc2cccc(C)c2C2(N)CC(C)(C)N(C(=O)C(C)(C)CCC(C)=O)C12. The molecule has 2 N–H and O–H groups in total. The van der Waals surface area contributed by atoms with Gasteiger partial charge in [0, 0.05) is 17.4 Å². The number of aryl methyl sites for hydroxylation is 1. The van der Waals surface area contributed by atoms with Gasteiger partial charge in [-0.25, -0.2) is 0 Å². The fourth-order valence-electron chi connectivity index (χ4n) is 6.03. The van der Waals surface area contributed by atoms with Crippen LogP contribution in [0.15, 0.2) is 18.2 Å². The zero-order valence-corrected chi connectivity index (χ0v) is 19.3. The van der Waals surface area contributed by atoms with Gasteiger partial charge in [-0.3, -0.25) is 4.79 Å². The number of nitrogens with two attached hydrogens (primary N) is 1. The highest BCUT2D eigenvalue weighted by atomic mass is 16.2. The molecular weight excluding hydrogens is 360 g/mol. The summed E-state index contributed by atoms with van der Waals surface area (Å²) in [6.07, 6.45) is 3.72. The Kier molecular flexibility index (Phi) is 5.49. The summed E-state index contributed by atoms with van der Waals surface area (Å²) in [4.78, 5) is 27.6. The molecule has 1 aliphatic carbocycles. The number of nitrogens with zero attached hydrogens (tertiary/aromatic N) is 1. The third-order valence-electron chi connectivity index (χ3n) is 7.36. The van der Waals surface area contributed by atoms with E-state index in [2.05, 4.69) is 50.8 Å². The van der Waals surface area contributed by atoms with E-state index in [1.807, 2.05) is 13.8 Å². The molecule has 0 saturated carbocycles. The van der Waals surface area contributed by atoms with E-state index in [4.69, 9.17) is 5.73 Å². The molecule has 1 heterocycles. The van der Waals surface area contributed by atoms with Crippen LogP contribution >= 0.6 is 0 Å². The van der Waals surface area contributed by atoms with Crippen LogP contribution in [0.25, 0.3) is 0 Å². The summed E-state index contributed by atoms with van der Waals surface area (Å²) >= 11 is 0. The molecule has 3 atom stereocenters. The van der Waals surface area contributed by atoms with Crippen molar-refractivity contribution in [3.8, 4) is 0 Å². The Balaban J connectivity index is 2.10. The van der Waals surface area contributed by atoms with E-state index in [9.17, 15) is 9.59 Å². The van der Waals surface area contributed by atoms with Crippen molar-refractivity contribution in [2.75, 3.05) is 0 Å². The minimum atomic E-state index is -0.585. The quantitative estimate of drug-likeness (QED) is 0.794. The average molecular weight is 399 g/mol. The number of likely N-dealkylation sites (tertiary alicyclic amines) is 1. The summed E-state index contributed by atoms with van der Waals surface area (Å²) in [6, 6.07) is 6.47. The lowest BCUT2D eigenvalue weighted by Crippen LogP contribution is -2.60. The van der Waals surface area contributed by atoms with Gasteiger partial charge < -0.3 is 15.4 Å². The fourth-order valence-corrected chi connectivity index (χ4v) is 6.03. The third-order valence-corrected chi connectivity index (χ3v) is 7.36. The minimum absolute atomic E-state index is 0.0137. The summed E-state index contributed by atoms with van der Waals surface area (Å²) in [5, 5.41) is 0. The number of Topliss-reactive ketones (excluding diaryl/α,β-unsaturated/α-hetero) is 1. The molecule has 0 radical (unpaired) electrons. The van der Waals surface area contributed by atoms with E-state index in [-0.39, 0.29) is 23.3 Å². The molecule has 1 amide bonds. The molecular formula is C25H38N2O2. The van der Waals surface area contributed by atoms with Crippen molar-refractivity contribution in [3.05, 3.63) is 34.9 Å². The van der Waals surface area contributed by atoms with Crippen LogP contribution < -0.4 is 5.73 Å². The van der Waals surface area contributed by atoms with Gasteiger partial charge >= 0.3 is 0 Å². The van der Waals surface area contributed by atoms with Gasteiger partial charge in [0.2, 0.25) is 5.91 Å². The maximum atomic E-state index is 13.9. The first kappa shape index (κ1) is 22.0. The van der Waals surface area contributed by atoms with Crippen LogP contribution in [0.5, 0.6) is 0 Å². The summed E-state index contributed by atoms with van der Waals surface area (Å²) in [7, 11) is 0. The van der Waals surface area contributed by atoms with Crippen LogP contribution in [0.3, 0.4) is 0 Å². The first-order valence-corrected chi connectivity index (χ1v) is 11.1. The number of hydrogen-bond acceptors (Lipinski definition) is 3. The highest BCUT2D eigenvalue weighted by Gasteiger charge is 2.62. The van der Waals surface area contributed by atoms with E-state index < -0.39 is 11.0 Å². The first-order chi connectivity index (χ1) is 13.3. The highest BCUT2D eigenvalue weighted by molar-refractivity contribution is 5.85. The molecule has 4 heteroatoms. The molecule has 3 rings (SSSR count). The van der Waals surface area contributed by atoms with E-state index in [1.165, 1.54) is 16.7 Å². The number of fused-ring (bicyclic) bond motifs is 3.